The smallest absolute Gasteiger partial charge is 0.254 e. The van der Waals surface area contributed by atoms with E-state index in [9.17, 15) is 4.79 Å². The molecule has 1 fully saturated rings. The number of hydrogen-bond donors (Lipinski definition) is 1. The van der Waals surface area contributed by atoms with Crippen LogP contribution in [-0.4, -0.2) is 37.5 Å². The van der Waals surface area contributed by atoms with Crippen LogP contribution < -0.4 is 5.32 Å². The molecule has 112 valence electrons. The van der Waals surface area contributed by atoms with Crippen molar-refractivity contribution in [3.8, 4) is 0 Å². The first kappa shape index (κ1) is 17.7. The second kappa shape index (κ2) is 8.20. The van der Waals surface area contributed by atoms with Gasteiger partial charge in [0.15, 0.2) is 0 Å². The summed E-state index contributed by atoms with van der Waals surface area (Å²) >= 11 is 2.29. The molecule has 0 bridgehead atoms. The fourth-order valence-corrected chi connectivity index (χ4v) is 3.21. The van der Waals surface area contributed by atoms with E-state index in [1.807, 2.05) is 37.1 Å². The third kappa shape index (κ3) is 4.09. The number of nitrogens with zero attached hydrogens (tertiary/aromatic N) is 1. The number of likely N-dealkylation sites (tertiary alicyclic amines) is 1. The normalized spacial score (nSPS) is 18.6. The van der Waals surface area contributed by atoms with Gasteiger partial charge in [0.05, 0.1) is 0 Å². The van der Waals surface area contributed by atoms with Crippen LogP contribution in [0.2, 0.25) is 0 Å². The SMILES string of the molecule is CNCC1CCCN(C(=O)c2cccc(I)c2C)C1.Cl. The summed E-state index contributed by atoms with van der Waals surface area (Å²) in [6.45, 7) is 4.80. The third-order valence-corrected chi connectivity index (χ3v) is 4.97. The number of nitrogens with one attached hydrogen (secondary N) is 1. The topological polar surface area (TPSA) is 32.3 Å². The summed E-state index contributed by atoms with van der Waals surface area (Å²) in [4.78, 5) is 14.6. The fraction of sp³-hybridized carbons (Fsp3) is 0.533. The van der Waals surface area contributed by atoms with E-state index in [0.717, 1.165) is 40.8 Å². The lowest BCUT2D eigenvalue weighted by atomic mass is 9.97. The standard InChI is InChI=1S/C15H21IN2O.ClH/c1-11-13(6-3-7-14(11)16)15(19)18-8-4-5-12(10-18)9-17-2;/h3,6-7,12,17H,4-5,8-10H2,1-2H3;1H. The van der Waals surface area contributed by atoms with Gasteiger partial charge < -0.3 is 10.2 Å². The van der Waals surface area contributed by atoms with E-state index in [1.165, 1.54) is 6.42 Å². The quantitative estimate of drug-likeness (QED) is 0.780. The predicted octanol–water partition coefficient (Wildman–Crippen LogP) is 3.09. The van der Waals surface area contributed by atoms with Crippen molar-refractivity contribution in [1.29, 1.82) is 0 Å². The van der Waals surface area contributed by atoms with Gasteiger partial charge in [-0.3, -0.25) is 4.79 Å². The lowest BCUT2D eigenvalue weighted by Crippen LogP contribution is -2.42. The molecular weight excluding hydrogens is 387 g/mol. The highest BCUT2D eigenvalue weighted by atomic mass is 127. The minimum atomic E-state index is 0. The molecule has 5 heteroatoms. The van der Waals surface area contributed by atoms with E-state index in [-0.39, 0.29) is 18.3 Å². The minimum absolute atomic E-state index is 0. The van der Waals surface area contributed by atoms with Crippen molar-refractivity contribution in [1.82, 2.24) is 10.2 Å². The first-order valence-corrected chi connectivity index (χ1v) is 7.90. The first-order valence-electron chi connectivity index (χ1n) is 6.82. The van der Waals surface area contributed by atoms with Crippen LogP contribution in [0.25, 0.3) is 0 Å². The molecule has 0 aromatic heterocycles. The number of piperidine rings is 1. The lowest BCUT2D eigenvalue weighted by Gasteiger charge is -2.33. The van der Waals surface area contributed by atoms with Crippen molar-refractivity contribution in [2.75, 3.05) is 26.7 Å². The molecule has 1 unspecified atom stereocenters. The molecule has 2 rings (SSSR count). The highest BCUT2D eigenvalue weighted by Gasteiger charge is 2.25. The molecule has 20 heavy (non-hydrogen) atoms. The maximum atomic E-state index is 12.6. The van der Waals surface area contributed by atoms with Gasteiger partial charge in [0, 0.05) is 22.2 Å². The minimum Gasteiger partial charge on any atom is -0.338 e. The molecule has 1 aromatic carbocycles. The Labute approximate surface area is 141 Å². The molecule has 0 saturated carbocycles. The Morgan fingerprint density at radius 1 is 1.50 bits per heavy atom. The van der Waals surface area contributed by atoms with Gasteiger partial charge in [0.1, 0.15) is 0 Å². The van der Waals surface area contributed by atoms with Crippen molar-refractivity contribution >= 4 is 40.9 Å². The molecule has 1 aliphatic heterocycles. The number of benzene rings is 1. The molecule has 1 saturated heterocycles. The van der Waals surface area contributed by atoms with Crippen LogP contribution in [0, 0.1) is 16.4 Å². The summed E-state index contributed by atoms with van der Waals surface area (Å²) in [5.41, 5.74) is 1.96. The highest BCUT2D eigenvalue weighted by molar-refractivity contribution is 14.1. The Balaban J connectivity index is 0.00000200. The van der Waals surface area contributed by atoms with Crippen molar-refractivity contribution in [2.24, 2.45) is 5.92 Å². The number of carbonyl (C=O) groups is 1. The van der Waals surface area contributed by atoms with Crippen LogP contribution in [0.3, 0.4) is 0 Å². The van der Waals surface area contributed by atoms with Crippen LogP contribution in [0.1, 0.15) is 28.8 Å². The van der Waals surface area contributed by atoms with E-state index >= 15 is 0 Å². The number of amides is 1. The largest absolute Gasteiger partial charge is 0.338 e. The summed E-state index contributed by atoms with van der Waals surface area (Å²) in [5, 5.41) is 3.22. The van der Waals surface area contributed by atoms with Gasteiger partial charge in [-0.05, 0) is 79.6 Å². The fourth-order valence-electron chi connectivity index (χ4n) is 2.71. The Morgan fingerprint density at radius 3 is 2.95 bits per heavy atom. The van der Waals surface area contributed by atoms with Gasteiger partial charge in [-0.25, -0.2) is 0 Å². The van der Waals surface area contributed by atoms with Crippen LogP contribution in [0.15, 0.2) is 18.2 Å². The molecule has 3 nitrogen and oxygen atoms in total. The molecule has 0 radical (unpaired) electrons. The van der Waals surface area contributed by atoms with Gasteiger partial charge in [-0.1, -0.05) is 6.07 Å². The van der Waals surface area contributed by atoms with Gasteiger partial charge >= 0.3 is 0 Å². The number of halogens is 2. The summed E-state index contributed by atoms with van der Waals surface area (Å²) in [7, 11) is 1.98. The van der Waals surface area contributed by atoms with E-state index in [2.05, 4.69) is 27.9 Å². The molecular formula is C15H22ClIN2O. The van der Waals surface area contributed by atoms with Gasteiger partial charge in [-0.15, -0.1) is 12.4 Å². The molecule has 1 N–H and O–H groups in total. The average molecular weight is 409 g/mol. The number of hydrogen-bond acceptors (Lipinski definition) is 2. The summed E-state index contributed by atoms with van der Waals surface area (Å²) in [6.07, 6.45) is 2.33. The van der Waals surface area contributed by atoms with Crippen molar-refractivity contribution in [2.45, 2.75) is 19.8 Å². The number of rotatable bonds is 3. The second-order valence-electron chi connectivity index (χ2n) is 5.23. The highest BCUT2D eigenvalue weighted by Crippen LogP contribution is 2.21. The van der Waals surface area contributed by atoms with E-state index < -0.39 is 0 Å². The van der Waals surface area contributed by atoms with Crippen molar-refractivity contribution < 1.29 is 4.79 Å². The zero-order valence-electron chi connectivity index (χ0n) is 12.0. The Bertz CT molecular complexity index is 465. The molecule has 1 aromatic rings. The van der Waals surface area contributed by atoms with Crippen LogP contribution in [0.4, 0.5) is 0 Å². The maximum absolute atomic E-state index is 12.6. The van der Waals surface area contributed by atoms with Crippen LogP contribution >= 0.6 is 35.0 Å². The van der Waals surface area contributed by atoms with E-state index in [4.69, 9.17) is 0 Å². The molecule has 1 atom stereocenters. The average Bonchev–Trinajstić information content (AvgIpc) is 2.42. The molecule has 1 amide bonds. The third-order valence-electron chi connectivity index (χ3n) is 3.80. The Hall–Kier alpha value is -0.330. The zero-order valence-corrected chi connectivity index (χ0v) is 15.0. The number of carbonyl (C=O) groups excluding carboxylic acids is 1. The molecule has 1 heterocycles. The predicted molar refractivity (Wildman–Crippen MR) is 93.7 cm³/mol. The van der Waals surface area contributed by atoms with Crippen molar-refractivity contribution in [3.05, 3.63) is 32.9 Å². The second-order valence-corrected chi connectivity index (χ2v) is 6.39. The molecule has 0 aliphatic carbocycles. The lowest BCUT2D eigenvalue weighted by molar-refractivity contribution is 0.0673. The van der Waals surface area contributed by atoms with Gasteiger partial charge in [0.25, 0.3) is 5.91 Å². The monoisotopic (exact) mass is 408 g/mol. The van der Waals surface area contributed by atoms with E-state index in [1.54, 1.807) is 0 Å². The zero-order chi connectivity index (χ0) is 13.8. The summed E-state index contributed by atoms with van der Waals surface area (Å²) in [5.74, 6) is 0.780. The van der Waals surface area contributed by atoms with Crippen LogP contribution in [0.5, 0.6) is 0 Å². The Morgan fingerprint density at radius 2 is 2.25 bits per heavy atom. The van der Waals surface area contributed by atoms with Crippen molar-refractivity contribution in [3.63, 3.8) is 0 Å². The molecule has 1 aliphatic rings. The van der Waals surface area contributed by atoms with E-state index in [0.29, 0.717) is 5.92 Å². The Kier molecular flexibility index (Phi) is 7.26. The van der Waals surface area contributed by atoms with Crippen LogP contribution in [-0.2, 0) is 0 Å². The van der Waals surface area contributed by atoms with Gasteiger partial charge in [0.2, 0.25) is 0 Å². The maximum Gasteiger partial charge on any atom is 0.254 e. The summed E-state index contributed by atoms with van der Waals surface area (Å²) < 4.78 is 1.16. The first-order chi connectivity index (χ1) is 9.13. The van der Waals surface area contributed by atoms with Gasteiger partial charge in [-0.2, -0.15) is 0 Å². The summed E-state index contributed by atoms with van der Waals surface area (Å²) in [6, 6.07) is 5.96. The molecule has 0 spiro atoms.